The Kier molecular flexibility index (Phi) is 5.42. The Balaban J connectivity index is 1.72. The van der Waals surface area contributed by atoms with Crippen molar-refractivity contribution < 1.29 is 13.2 Å². The molecule has 6 nitrogen and oxygen atoms in total. The smallest absolute Gasteiger partial charge is 0.308 e. The third kappa shape index (κ3) is 4.86. The van der Waals surface area contributed by atoms with Crippen molar-refractivity contribution in [2.24, 2.45) is 0 Å². The maximum Gasteiger partial charge on any atom is 0.323 e. The lowest BCUT2D eigenvalue weighted by atomic mass is 10.2. The predicted molar refractivity (Wildman–Crippen MR) is 108 cm³/mol. The van der Waals surface area contributed by atoms with E-state index in [1.165, 1.54) is 0 Å². The number of hydrogen-bond donors (Lipinski definition) is 3. The molecule has 0 spiro atoms. The molecule has 0 aliphatic rings. The molecule has 3 aromatic carbocycles. The maximum atomic E-state index is 12.6. The van der Waals surface area contributed by atoms with E-state index in [0.29, 0.717) is 22.6 Å². The summed E-state index contributed by atoms with van der Waals surface area (Å²) < 4.78 is 27.7. The molecule has 0 saturated heterocycles. The van der Waals surface area contributed by atoms with E-state index in [1.54, 1.807) is 67.6 Å². The van der Waals surface area contributed by atoms with Crippen LogP contribution in [0.4, 0.5) is 21.9 Å². The van der Waals surface area contributed by atoms with Crippen molar-refractivity contribution in [3.63, 3.8) is 0 Å². The van der Waals surface area contributed by atoms with Crippen molar-refractivity contribution in [1.29, 1.82) is 0 Å². The van der Waals surface area contributed by atoms with Crippen LogP contribution >= 0.6 is 0 Å². The highest BCUT2D eigenvalue weighted by Crippen LogP contribution is 2.21. The zero-order valence-electron chi connectivity index (χ0n) is 14.6. The van der Waals surface area contributed by atoms with Gasteiger partial charge >= 0.3 is 6.03 Å². The molecule has 0 aromatic heterocycles. The lowest BCUT2D eigenvalue weighted by molar-refractivity contribution is 0.262. The number of hydrogen-bond acceptors (Lipinski definition) is 3. The number of aryl methyl sites for hydroxylation is 1. The van der Waals surface area contributed by atoms with E-state index >= 15 is 0 Å². The number of urea groups is 1. The van der Waals surface area contributed by atoms with Crippen molar-refractivity contribution in [3.8, 4) is 0 Å². The van der Waals surface area contributed by atoms with Gasteiger partial charge < -0.3 is 10.6 Å². The van der Waals surface area contributed by atoms with Gasteiger partial charge in [-0.3, -0.25) is 4.72 Å². The number of amides is 2. The number of nitrogens with one attached hydrogen (secondary N) is 3. The molecule has 0 aliphatic carbocycles. The van der Waals surface area contributed by atoms with E-state index in [1.807, 2.05) is 18.2 Å². The van der Waals surface area contributed by atoms with Crippen molar-refractivity contribution in [2.45, 2.75) is 11.8 Å². The summed E-state index contributed by atoms with van der Waals surface area (Å²) in [4.78, 5) is 12.3. The Morgan fingerprint density at radius 2 is 1.33 bits per heavy atom. The molecule has 0 unspecified atom stereocenters. The van der Waals surface area contributed by atoms with Gasteiger partial charge in [-0.05, 0) is 48.9 Å². The van der Waals surface area contributed by atoms with Crippen molar-refractivity contribution in [1.82, 2.24) is 0 Å². The zero-order valence-corrected chi connectivity index (χ0v) is 15.5. The Labute approximate surface area is 158 Å². The molecule has 0 atom stereocenters. The van der Waals surface area contributed by atoms with Gasteiger partial charge in [0.05, 0.1) is 10.6 Å². The fraction of sp³-hybridized carbons (Fsp3) is 0.0500. The second kappa shape index (κ2) is 7.92. The van der Waals surface area contributed by atoms with Crippen LogP contribution in [0.1, 0.15) is 5.56 Å². The lowest BCUT2D eigenvalue weighted by Crippen LogP contribution is -2.19. The third-order valence-corrected chi connectivity index (χ3v) is 5.33. The highest BCUT2D eigenvalue weighted by molar-refractivity contribution is 7.92. The molecule has 0 bridgehead atoms. The minimum atomic E-state index is -3.72. The second-order valence-corrected chi connectivity index (χ2v) is 7.55. The Bertz CT molecular complexity index is 1050. The van der Waals surface area contributed by atoms with Gasteiger partial charge in [-0.2, -0.15) is 0 Å². The van der Waals surface area contributed by atoms with E-state index in [-0.39, 0.29) is 4.90 Å². The van der Waals surface area contributed by atoms with Crippen LogP contribution in [-0.2, 0) is 10.0 Å². The van der Waals surface area contributed by atoms with E-state index in [4.69, 9.17) is 0 Å². The minimum Gasteiger partial charge on any atom is -0.308 e. The van der Waals surface area contributed by atoms with Crippen LogP contribution < -0.4 is 15.4 Å². The zero-order chi connectivity index (χ0) is 19.3. The summed E-state index contributed by atoms with van der Waals surface area (Å²) in [5.74, 6) is 0. The highest BCUT2D eigenvalue weighted by Gasteiger charge is 2.16. The van der Waals surface area contributed by atoms with E-state index in [0.717, 1.165) is 0 Å². The maximum absolute atomic E-state index is 12.6. The second-order valence-electron chi connectivity index (χ2n) is 5.90. The molecular weight excluding hydrogens is 362 g/mol. The van der Waals surface area contributed by atoms with Crippen LogP contribution in [0.25, 0.3) is 0 Å². The third-order valence-electron chi connectivity index (χ3n) is 3.79. The molecule has 0 heterocycles. The molecule has 0 aliphatic heterocycles. The van der Waals surface area contributed by atoms with Crippen molar-refractivity contribution in [2.75, 3.05) is 15.4 Å². The van der Waals surface area contributed by atoms with Gasteiger partial charge in [0.15, 0.2) is 0 Å². The molecular formula is C20H19N3O3S. The molecule has 27 heavy (non-hydrogen) atoms. The van der Waals surface area contributed by atoms with Crippen LogP contribution in [0.5, 0.6) is 0 Å². The first-order valence-corrected chi connectivity index (χ1v) is 9.74. The molecule has 2 amide bonds. The summed E-state index contributed by atoms with van der Waals surface area (Å²) in [5.41, 5.74) is 2.14. The van der Waals surface area contributed by atoms with E-state index < -0.39 is 16.1 Å². The van der Waals surface area contributed by atoms with Crippen LogP contribution in [0, 0.1) is 6.92 Å². The average Bonchev–Trinajstić information content (AvgIpc) is 2.62. The number of anilines is 3. The SMILES string of the molecule is Cc1ccccc1S(=O)(=O)Nc1cccc(NC(=O)Nc2ccccc2)c1. The standard InChI is InChI=1S/C20H19N3O3S/c1-15-8-5-6-13-19(15)27(25,26)23-18-12-7-11-17(14-18)22-20(24)21-16-9-3-2-4-10-16/h2-14,23H,1H3,(H2,21,22,24). The fourth-order valence-electron chi connectivity index (χ4n) is 2.54. The summed E-state index contributed by atoms with van der Waals surface area (Å²) in [5, 5.41) is 5.39. The van der Waals surface area contributed by atoms with Crippen molar-refractivity contribution >= 4 is 33.1 Å². The largest absolute Gasteiger partial charge is 0.323 e. The number of para-hydroxylation sites is 1. The summed E-state index contributed by atoms with van der Waals surface area (Å²) in [6, 6.07) is 21.9. The summed E-state index contributed by atoms with van der Waals surface area (Å²) in [6.07, 6.45) is 0. The number of carbonyl (C=O) groups excluding carboxylic acids is 1. The molecule has 7 heteroatoms. The fourth-order valence-corrected chi connectivity index (χ4v) is 3.84. The summed E-state index contributed by atoms with van der Waals surface area (Å²) >= 11 is 0. The average molecular weight is 381 g/mol. The van der Waals surface area contributed by atoms with Gasteiger partial charge in [0.2, 0.25) is 0 Å². The van der Waals surface area contributed by atoms with Gasteiger partial charge in [-0.1, -0.05) is 42.5 Å². The number of benzene rings is 3. The molecule has 3 rings (SSSR count). The van der Waals surface area contributed by atoms with Crippen molar-refractivity contribution in [3.05, 3.63) is 84.4 Å². The topological polar surface area (TPSA) is 87.3 Å². The lowest BCUT2D eigenvalue weighted by Gasteiger charge is -2.12. The minimum absolute atomic E-state index is 0.213. The molecule has 0 saturated carbocycles. The monoisotopic (exact) mass is 381 g/mol. The first-order valence-electron chi connectivity index (χ1n) is 8.26. The Hall–Kier alpha value is -3.32. The van der Waals surface area contributed by atoms with Gasteiger partial charge in [-0.15, -0.1) is 0 Å². The molecule has 3 aromatic rings. The predicted octanol–water partition coefficient (Wildman–Crippen LogP) is 4.44. The number of sulfonamides is 1. The Morgan fingerprint density at radius 1 is 0.741 bits per heavy atom. The van der Waals surface area contributed by atoms with Gasteiger partial charge in [0.25, 0.3) is 10.0 Å². The quantitative estimate of drug-likeness (QED) is 0.610. The number of rotatable bonds is 5. The van der Waals surface area contributed by atoms with Crippen LogP contribution in [0.3, 0.4) is 0 Å². The van der Waals surface area contributed by atoms with Gasteiger partial charge in [0, 0.05) is 11.4 Å². The molecule has 138 valence electrons. The van der Waals surface area contributed by atoms with Crippen LogP contribution in [-0.4, -0.2) is 14.4 Å². The summed E-state index contributed by atoms with van der Waals surface area (Å²) in [6.45, 7) is 1.74. The molecule has 0 fully saturated rings. The first kappa shape index (κ1) is 18.5. The highest BCUT2D eigenvalue weighted by atomic mass is 32.2. The Morgan fingerprint density at radius 3 is 2.07 bits per heavy atom. The van der Waals surface area contributed by atoms with Gasteiger partial charge in [-0.25, -0.2) is 13.2 Å². The van der Waals surface area contributed by atoms with Crippen LogP contribution in [0.15, 0.2) is 83.8 Å². The molecule has 0 radical (unpaired) electrons. The first-order chi connectivity index (χ1) is 12.9. The van der Waals surface area contributed by atoms with E-state index in [9.17, 15) is 13.2 Å². The van der Waals surface area contributed by atoms with E-state index in [2.05, 4.69) is 15.4 Å². The molecule has 3 N–H and O–H groups in total. The van der Waals surface area contributed by atoms with Gasteiger partial charge in [0.1, 0.15) is 0 Å². The summed E-state index contributed by atoms with van der Waals surface area (Å²) in [7, 11) is -3.72. The number of carbonyl (C=O) groups is 1. The van der Waals surface area contributed by atoms with Crippen LogP contribution in [0.2, 0.25) is 0 Å². The normalized spacial score (nSPS) is 10.9.